The van der Waals surface area contributed by atoms with Gasteiger partial charge in [0.1, 0.15) is 0 Å². The van der Waals surface area contributed by atoms with Crippen LogP contribution in [-0.4, -0.2) is 53.8 Å². The molecule has 1 fully saturated rings. The number of hydrogen-bond acceptors (Lipinski definition) is 4. The summed E-state index contributed by atoms with van der Waals surface area (Å²) in [5.74, 6) is 0.0478. The Morgan fingerprint density at radius 1 is 1.13 bits per heavy atom. The molecule has 1 atom stereocenters. The van der Waals surface area contributed by atoms with Crippen molar-refractivity contribution in [3.05, 3.63) is 77.4 Å². The van der Waals surface area contributed by atoms with E-state index < -0.39 is 5.41 Å². The highest BCUT2D eigenvalue weighted by atomic mass is 32.1. The summed E-state index contributed by atoms with van der Waals surface area (Å²) in [6.45, 7) is 1.09. The summed E-state index contributed by atoms with van der Waals surface area (Å²) in [5, 5.41) is 2.07. The Labute approximate surface area is 187 Å². The Bertz CT molecular complexity index is 1050. The molecule has 31 heavy (non-hydrogen) atoms. The zero-order valence-corrected chi connectivity index (χ0v) is 18.8. The summed E-state index contributed by atoms with van der Waals surface area (Å²) >= 11 is 1.71. The van der Waals surface area contributed by atoms with E-state index in [4.69, 9.17) is 0 Å². The molecule has 0 aliphatic carbocycles. The molecule has 3 heterocycles. The Kier molecular flexibility index (Phi) is 6.18. The number of benzene rings is 1. The molecule has 1 aliphatic heterocycles. The molecule has 0 radical (unpaired) electrons. The summed E-state index contributed by atoms with van der Waals surface area (Å²) in [5.41, 5.74) is 2.28. The minimum Gasteiger partial charge on any atom is -0.348 e. The predicted octanol–water partition coefficient (Wildman–Crippen LogP) is 4.36. The van der Waals surface area contributed by atoms with Crippen molar-refractivity contribution in [2.45, 2.75) is 19.3 Å². The van der Waals surface area contributed by atoms with Gasteiger partial charge in [0.2, 0.25) is 5.91 Å². The van der Waals surface area contributed by atoms with Crippen LogP contribution in [0, 0.1) is 5.41 Å². The lowest BCUT2D eigenvalue weighted by atomic mass is 9.73. The van der Waals surface area contributed by atoms with Crippen LogP contribution in [0.2, 0.25) is 0 Å². The molecule has 1 unspecified atom stereocenters. The lowest BCUT2D eigenvalue weighted by molar-refractivity contribution is -0.142. The van der Waals surface area contributed by atoms with Crippen LogP contribution >= 0.6 is 11.3 Å². The van der Waals surface area contributed by atoms with Crippen LogP contribution in [-0.2, 0) is 11.2 Å². The first-order chi connectivity index (χ1) is 15.0. The molecule has 0 spiro atoms. The average molecular weight is 434 g/mol. The number of piperidine rings is 1. The summed E-state index contributed by atoms with van der Waals surface area (Å²) in [6, 6.07) is 16.1. The van der Waals surface area contributed by atoms with Gasteiger partial charge >= 0.3 is 0 Å². The highest BCUT2D eigenvalue weighted by molar-refractivity contribution is 7.13. The van der Waals surface area contributed by atoms with Gasteiger partial charge in [0.05, 0.1) is 5.41 Å². The van der Waals surface area contributed by atoms with Gasteiger partial charge in [-0.2, -0.15) is 0 Å². The number of hydrogen-bond donors (Lipinski definition) is 0. The van der Waals surface area contributed by atoms with Gasteiger partial charge in [-0.3, -0.25) is 14.6 Å². The van der Waals surface area contributed by atoms with Gasteiger partial charge in [0.15, 0.2) is 0 Å². The number of thiophene rings is 1. The second-order valence-corrected chi connectivity index (χ2v) is 9.35. The fourth-order valence-electron chi connectivity index (χ4n) is 4.52. The fourth-order valence-corrected chi connectivity index (χ4v) is 5.24. The van der Waals surface area contributed by atoms with Crippen molar-refractivity contribution in [1.82, 2.24) is 14.8 Å². The van der Waals surface area contributed by atoms with Gasteiger partial charge < -0.3 is 9.80 Å². The fraction of sp³-hybridized carbons (Fsp3) is 0.320. The van der Waals surface area contributed by atoms with Crippen molar-refractivity contribution in [2.75, 3.05) is 27.2 Å². The second kappa shape index (κ2) is 9.02. The third-order valence-electron chi connectivity index (χ3n) is 5.93. The zero-order valence-electron chi connectivity index (χ0n) is 18.0. The van der Waals surface area contributed by atoms with Crippen LogP contribution in [0.25, 0.3) is 10.4 Å². The average Bonchev–Trinajstić information content (AvgIpc) is 3.34. The van der Waals surface area contributed by atoms with E-state index in [2.05, 4.69) is 40.7 Å². The summed E-state index contributed by atoms with van der Waals surface area (Å²) in [7, 11) is 3.60. The molecule has 1 aliphatic rings. The Morgan fingerprint density at radius 2 is 1.94 bits per heavy atom. The predicted molar refractivity (Wildman–Crippen MR) is 124 cm³/mol. The third-order valence-corrected chi connectivity index (χ3v) is 6.85. The first kappa shape index (κ1) is 21.2. The molecule has 6 heteroatoms. The topological polar surface area (TPSA) is 53.5 Å². The number of pyridine rings is 1. The molecular formula is C25H27N3O2S. The summed E-state index contributed by atoms with van der Waals surface area (Å²) < 4.78 is 0. The van der Waals surface area contributed by atoms with Crippen LogP contribution in [0.15, 0.2) is 66.3 Å². The standard InChI is InChI=1S/C25H27N3O2S/c1-27(2)24(30)25(17-19-6-3-7-21(16-19)22-8-4-15-31-22)11-5-14-28(18-25)23(29)20-9-12-26-13-10-20/h3-4,6-10,12-13,15-16H,5,11,14,17-18H2,1-2H3. The minimum absolute atomic E-state index is 0.0367. The third kappa shape index (κ3) is 4.54. The van der Waals surface area contributed by atoms with Crippen LogP contribution in [0.1, 0.15) is 28.8 Å². The highest BCUT2D eigenvalue weighted by Crippen LogP contribution is 2.37. The van der Waals surface area contributed by atoms with E-state index in [-0.39, 0.29) is 11.8 Å². The molecule has 4 rings (SSSR count). The van der Waals surface area contributed by atoms with Gasteiger partial charge in [0.25, 0.3) is 5.91 Å². The number of likely N-dealkylation sites (tertiary alicyclic amines) is 1. The summed E-state index contributed by atoms with van der Waals surface area (Å²) in [6.07, 6.45) is 5.45. The molecule has 5 nitrogen and oxygen atoms in total. The highest BCUT2D eigenvalue weighted by Gasteiger charge is 2.44. The van der Waals surface area contributed by atoms with Crippen molar-refractivity contribution >= 4 is 23.2 Å². The minimum atomic E-state index is -0.626. The lowest BCUT2D eigenvalue weighted by Gasteiger charge is -2.43. The maximum absolute atomic E-state index is 13.4. The first-order valence-corrected chi connectivity index (χ1v) is 11.4. The maximum atomic E-state index is 13.4. The van der Waals surface area contributed by atoms with E-state index >= 15 is 0 Å². The van der Waals surface area contributed by atoms with E-state index in [0.29, 0.717) is 25.1 Å². The van der Waals surface area contributed by atoms with Crippen molar-refractivity contribution in [1.29, 1.82) is 0 Å². The van der Waals surface area contributed by atoms with E-state index in [1.807, 2.05) is 11.0 Å². The van der Waals surface area contributed by atoms with Crippen LogP contribution in [0.3, 0.4) is 0 Å². The molecule has 160 valence electrons. The number of carbonyl (C=O) groups is 2. The monoisotopic (exact) mass is 433 g/mol. The van der Waals surface area contributed by atoms with E-state index in [0.717, 1.165) is 18.4 Å². The summed E-state index contributed by atoms with van der Waals surface area (Å²) in [4.78, 5) is 35.3. The van der Waals surface area contributed by atoms with E-state index in [9.17, 15) is 9.59 Å². The SMILES string of the molecule is CN(C)C(=O)C1(Cc2cccc(-c3cccs3)c2)CCCN(C(=O)c2ccncc2)C1. The first-order valence-electron chi connectivity index (χ1n) is 10.5. The normalized spacial score (nSPS) is 18.6. The molecule has 1 saturated heterocycles. The number of nitrogens with zero attached hydrogens (tertiary/aromatic N) is 3. The molecule has 3 aromatic rings. The zero-order chi connectivity index (χ0) is 21.8. The van der Waals surface area contributed by atoms with Crippen molar-refractivity contribution < 1.29 is 9.59 Å². The molecule has 0 N–H and O–H groups in total. The molecular weight excluding hydrogens is 406 g/mol. The Balaban J connectivity index is 1.64. The van der Waals surface area contributed by atoms with Gasteiger partial charge in [-0.25, -0.2) is 0 Å². The molecule has 1 aromatic carbocycles. The Hall–Kier alpha value is -2.99. The largest absolute Gasteiger partial charge is 0.348 e. The molecule has 0 saturated carbocycles. The van der Waals surface area contributed by atoms with Gasteiger partial charge in [-0.1, -0.05) is 30.3 Å². The van der Waals surface area contributed by atoms with Gasteiger partial charge in [0, 0.05) is 50.0 Å². The Morgan fingerprint density at radius 3 is 2.65 bits per heavy atom. The smallest absolute Gasteiger partial charge is 0.253 e. The van der Waals surface area contributed by atoms with E-state index in [1.54, 1.807) is 54.9 Å². The van der Waals surface area contributed by atoms with Crippen LogP contribution in [0.4, 0.5) is 0 Å². The quantitative estimate of drug-likeness (QED) is 0.601. The number of rotatable bonds is 5. The second-order valence-electron chi connectivity index (χ2n) is 8.40. The van der Waals surface area contributed by atoms with Crippen LogP contribution in [0.5, 0.6) is 0 Å². The maximum Gasteiger partial charge on any atom is 0.253 e. The lowest BCUT2D eigenvalue weighted by Crippen LogP contribution is -2.54. The van der Waals surface area contributed by atoms with Crippen molar-refractivity contribution in [3.63, 3.8) is 0 Å². The number of carbonyl (C=O) groups excluding carboxylic acids is 2. The number of amides is 2. The van der Waals surface area contributed by atoms with Crippen LogP contribution < -0.4 is 0 Å². The molecule has 2 amide bonds. The van der Waals surface area contributed by atoms with Crippen molar-refractivity contribution in [3.8, 4) is 10.4 Å². The molecule has 0 bridgehead atoms. The van der Waals surface area contributed by atoms with Gasteiger partial charge in [-0.15, -0.1) is 11.3 Å². The number of aromatic nitrogens is 1. The van der Waals surface area contributed by atoms with Gasteiger partial charge in [-0.05, 0) is 54.0 Å². The molecule has 2 aromatic heterocycles. The van der Waals surface area contributed by atoms with Crippen molar-refractivity contribution in [2.24, 2.45) is 5.41 Å². The van der Waals surface area contributed by atoms with E-state index in [1.165, 1.54) is 10.4 Å².